The minimum Gasteiger partial charge on any atom is -0.490 e. The number of ether oxygens (including phenoxy) is 2. The summed E-state index contributed by atoms with van der Waals surface area (Å²) in [6, 6.07) is 13.5. The summed E-state index contributed by atoms with van der Waals surface area (Å²) in [6.45, 7) is 20.3. The molecule has 0 unspecified atom stereocenters. The van der Waals surface area contributed by atoms with Crippen molar-refractivity contribution in [1.29, 1.82) is 0 Å². The Balaban J connectivity index is 0.000000300. The second-order valence-electron chi connectivity index (χ2n) is 16.7. The molecule has 2 aromatic carbocycles. The molecule has 2 aliphatic rings. The highest BCUT2D eigenvalue weighted by Crippen LogP contribution is 2.26. The molecule has 0 aromatic heterocycles. The van der Waals surface area contributed by atoms with Crippen molar-refractivity contribution in [3.63, 3.8) is 0 Å². The number of benzene rings is 2. The molecule has 4 amide bonds. The van der Waals surface area contributed by atoms with Crippen LogP contribution in [0, 0.1) is 23.7 Å². The van der Waals surface area contributed by atoms with Crippen molar-refractivity contribution in [2.75, 3.05) is 14.1 Å². The highest BCUT2D eigenvalue weighted by Gasteiger charge is 2.34. The molecular weight excluding hydrogens is 705 g/mol. The van der Waals surface area contributed by atoms with Gasteiger partial charge in [0.25, 0.3) is 11.8 Å². The summed E-state index contributed by atoms with van der Waals surface area (Å²) in [5.74, 6) is 1.05. The number of nitrogens with one attached hydrogen (secondary N) is 2. The minimum absolute atomic E-state index is 0.0165. The standard InChI is InChI=1S/2C23H34N2O3/c2*1-15(2)19-13-9-7-11-17(5)28-20-14-10-8-12-18(20)23(27)25(6)21(16(3)4)22(26)24-19/h2*7-10,12,14-17,19,21H,11,13H2,1-6H3,(H,24,26)/b9-7+;9-7-/t2*17-,19-,21-/m00/s1. The van der Waals surface area contributed by atoms with E-state index in [1.54, 1.807) is 36.0 Å². The predicted octanol–water partition coefficient (Wildman–Crippen LogP) is 8.08. The van der Waals surface area contributed by atoms with E-state index in [0.29, 0.717) is 34.5 Å². The number of para-hydroxylation sites is 2. The Morgan fingerprint density at radius 1 is 0.518 bits per heavy atom. The molecule has 0 bridgehead atoms. The molecule has 0 spiro atoms. The molecule has 0 saturated carbocycles. The monoisotopic (exact) mass is 773 g/mol. The molecule has 2 aromatic rings. The summed E-state index contributed by atoms with van der Waals surface area (Å²) in [7, 11) is 3.39. The van der Waals surface area contributed by atoms with Crippen LogP contribution in [0.2, 0.25) is 0 Å². The summed E-state index contributed by atoms with van der Waals surface area (Å²) in [4.78, 5) is 55.8. The molecular formula is C46H68N4O6. The molecule has 2 aliphatic heterocycles. The average molecular weight is 773 g/mol. The van der Waals surface area contributed by atoms with Crippen LogP contribution in [0.1, 0.15) is 116 Å². The molecule has 0 radical (unpaired) electrons. The number of nitrogens with zero attached hydrogens (tertiary/aromatic N) is 2. The van der Waals surface area contributed by atoms with Crippen LogP contribution in [0.15, 0.2) is 72.8 Å². The molecule has 2 heterocycles. The van der Waals surface area contributed by atoms with Crippen LogP contribution in [0.4, 0.5) is 0 Å². The van der Waals surface area contributed by atoms with E-state index < -0.39 is 12.1 Å². The van der Waals surface area contributed by atoms with Gasteiger partial charge in [0.1, 0.15) is 23.6 Å². The number of carbonyl (C=O) groups is 4. The van der Waals surface area contributed by atoms with Crippen molar-refractivity contribution in [3.8, 4) is 11.5 Å². The average Bonchev–Trinajstić information content (AvgIpc) is 3.13. The maximum Gasteiger partial charge on any atom is 0.258 e. The van der Waals surface area contributed by atoms with Crippen molar-refractivity contribution >= 4 is 23.6 Å². The van der Waals surface area contributed by atoms with Gasteiger partial charge in [0.05, 0.1) is 23.3 Å². The van der Waals surface area contributed by atoms with E-state index in [4.69, 9.17) is 9.47 Å². The van der Waals surface area contributed by atoms with Gasteiger partial charge in [-0.25, -0.2) is 0 Å². The predicted molar refractivity (Wildman–Crippen MR) is 225 cm³/mol. The molecule has 2 N–H and O–H groups in total. The van der Waals surface area contributed by atoms with Crippen molar-refractivity contribution in [2.45, 2.75) is 131 Å². The molecule has 56 heavy (non-hydrogen) atoms. The zero-order valence-electron chi connectivity index (χ0n) is 35.9. The van der Waals surface area contributed by atoms with Gasteiger partial charge in [-0.1, -0.05) is 104 Å². The Morgan fingerprint density at radius 3 is 1.16 bits per heavy atom. The molecule has 10 heteroatoms. The first kappa shape index (κ1) is 45.8. The lowest BCUT2D eigenvalue weighted by molar-refractivity contribution is -0.128. The summed E-state index contributed by atoms with van der Waals surface area (Å²) in [5, 5.41) is 6.35. The molecule has 308 valence electrons. The Labute approximate surface area is 336 Å². The highest BCUT2D eigenvalue weighted by molar-refractivity contribution is 6.00. The Morgan fingerprint density at radius 2 is 0.839 bits per heavy atom. The van der Waals surface area contributed by atoms with E-state index in [1.165, 1.54) is 0 Å². The molecule has 6 atom stereocenters. The maximum atomic E-state index is 13.2. The van der Waals surface area contributed by atoms with Crippen molar-refractivity contribution in [1.82, 2.24) is 20.4 Å². The van der Waals surface area contributed by atoms with Crippen LogP contribution in [0.5, 0.6) is 11.5 Å². The van der Waals surface area contributed by atoms with Crippen LogP contribution in [0.25, 0.3) is 0 Å². The van der Waals surface area contributed by atoms with Crippen LogP contribution in [0.3, 0.4) is 0 Å². The Hall–Kier alpha value is -4.60. The lowest BCUT2D eigenvalue weighted by atomic mass is 9.96. The maximum absolute atomic E-state index is 13.2. The summed E-state index contributed by atoms with van der Waals surface area (Å²) in [6.07, 6.45) is 11.3. The fourth-order valence-corrected chi connectivity index (χ4v) is 7.10. The fourth-order valence-electron chi connectivity index (χ4n) is 7.10. The first-order chi connectivity index (χ1) is 26.4. The molecule has 0 fully saturated rings. The van der Waals surface area contributed by atoms with Gasteiger partial charge in [0.2, 0.25) is 11.8 Å². The van der Waals surface area contributed by atoms with Crippen LogP contribution in [-0.4, -0.2) is 83.9 Å². The molecule has 0 saturated heterocycles. The van der Waals surface area contributed by atoms with E-state index in [0.717, 1.165) is 25.7 Å². The Bertz CT molecular complexity index is 1540. The fraction of sp³-hybridized carbons (Fsp3) is 0.565. The lowest BCUT2D eigenvalue weighted by Gasteiger charge is -2.33. The van der Waals surface area contributed by atoms with Gasteiger partial charge in [0, 0.05) is 39.0 Å². The largest absolute Gasteiger partial charge is 0.490 e. The van der Waals surface area contributed by atoms with Crippen LogP contribution < -0.4 is 20.1 Å². The zero-order chi connectivity index (χ0) is 41.7. The SMILES string of the molecule is CC(C)[C@@H]1C/C=C/C[C@H](C)Oc2ccccc2C(=O)N(C)[C@@H](C(C)C)C(=O)N1.CC(C)[C@@H]1C/C=C\C[C@H](C)Oc2ccccc2C(=O)N(C)[C@@H](C(C)C)C(=O)N1. The van der Waals surface area contributed by atoms with Gasteiger partial charge in [-0.05, 0) is 74.6 Å². The second kappa shape index (κ2) is 21.6. The number of hydrogen-bond acceptors (Lipinski definition) is 6. The lowest BCUT2D eigenvalue weighted by Crippen LogP contribution is -2.53. The number of rotatable bonds is 4. The van der Waals surface area contributed by atoms with E-state index in [9.17, 15) is 19.2 Å². The third-order valence-electron chi connectivity index (χ3n) is 10.5. The van der Waals surface area contributed by atoms with Gasteiger partial charge in [-0.15, -0.1) is 0 Å². The first-order valence-corrected chi connectivity index (χ1v) is 20.4. The first-order valence-electron chi connectivity index (χ1n) is 20.4. The van der Waals surface area contributed by atoms with Crippen molar-refractivity contribution < 1.29 is 28.7 Å². The van der Waals surface area contributed by atoms with E-state index in [2.05, 4.69) is 62.6 Å². The van der Waals surface area contributed by atoms with Gasteiger partial charge < -0.3 is 29.9 Å². The second-order valence-corrected chi connectivity index (χ2v) is 16.7. The van der Waals surface area contributed by atoms with Gasteiger partial charge >= 0.3 is 0 Å². The van der Waals surface area contributed by atoms with Gasteiger partial charge in [0.15, 0.2) is 0 Å². The van der Waals surface area contributed by atoms with E-state index in [1.807, 2.05) is 77.9 Å². The number of carbonyl (C=O) groups excluding carboxylic acids is 4. The minimum atomic E-state index is -0.550. The van der Waals surface area contributed by atoms with Gasteiger partial charge in [-0.2, -0.15) is 0 Å². The number of hydrogen-bond donors (Lipinski definition) is 2. The third kappa shape index (κ3) is 12.7. The van der Waals surface area contributed by atoms with E-state index in [-0.39, 0.29) is 59.8 Å². The topological polar surface area (TPSA) is 117 Å². The van der Waals surface area contributed by atoms with Crippen LogP contribution in [-0.2, 0) is 9.59 Å². The van der Waals surface area contributed by atoms with Gasteiger partial charge in [-0.3, -0.25) is 19.2 Å². The van der Waals surface area contributed by atoms with E-state index >= 15 is 0 Å². The van der Waals surface area contributed by atoms with Crippen molar-refractivity contribution in [3.05, 3.63) is 84.0 Å². The zero-order valence-corrected chi connectivity index (χ0v) is 35.9. The highest BCUT2D eigenvalue weighted by atomic mass is 16.5. The third-order valence-corrected chi connectivity index (χ3v) is 10.5. The molecule has 0 aliphatic carbocycles. The summed E-state index contributed by atoms with van der Waals surface area (Å²) < 4.78 is 12.1. The number of amides is 4. The van der Waals surface area contributed by atoms with Crippen LogP contribution >= 0.6 is 0 Å². The van der Waals surface area contributed by atoms with Crippen molar-refractivity contribution in [2.24, 2.45) is 23.7 Å². The quantitative estimate of drug-likeness (QED) is 0.304. The number of fused-ring (bicyclic) bond motifs is 2. The molecule has 4 rings (SSSR count). The smallest absolute Gasteiger partial charge is 0.258 e. The normalized spacial score (nSPS) is 25.7. The Kier molecular flexibility index (Phi) is 17.7. The molecule has 10 nitrogen and oxygen atoms in total. The summed E-state index contributed by atoms with van der Waals surface area (Å²) >= 11 is 0. The number of likely N-dealkylation sites (N-methyl/N-ethyl adjacent to an activating group) is 2. The summed E-state index contributed by atoms with van der Waals surface area (Å²) in [5.41, 5.74) is 0.966.